The maximum Gasteiger partial charge on any atom is 0.316 e. The molecule has 0 aromatic heterocycles. The van der Waals surface area contributed by atoms with Gasteiger partial charge in [-0.2, -0.15) is 0 Å². The molecule has 0 heterocycles. The first-order valence-electron chi connectivity index (χ1n) is 13.7. The van der Waals surface area contributed by atoms with Crippen molar-refractivity contribution in [3.63, 3.8) is 0 Å². The first kappa shape index (κ1) is 25.5. The normalized spacial score (nSPS) is 52.1. The van der Waals surface area contributed by atoms with Gasteiger partial charge in [-0.1, -0.05) is 60.6 Å². The third kappa shape index (κ3) is 2.89. The Labute approximate surface area is 210 Å². The van der Waals surface area contributed by atoms with E-state index in [1.54, 1.807) is 0 Å². The van der Waals surface area contributed by atoms with E-state index in [1.807, 2.05) is 0 Å². The second kappa shape index (κ2) is 7.23. The molecule has 4 N–H and O–H groups in total. The minimum absolute atomic E-state index is 0.0311. The first-order valence-corrected chi connectivity index (χ1v) is 13.7. The summed E-state index contributed by atoms with van der Waals surface area (Å²) in [7, 11) is 0. The second-order valence-corrected chi connectivity index (χ2v) is 14.9. The molecule has 9 atom stereocenters. The van der Waals surface area contributed by atoms with Crippen LogP contribution >= 0.6 is 0 Å². The standard InChI is InChI=1S/C30H46O5/c1-25(2)12-13-30(24(34)35)18(15-25)17-8-9-19-27(5)11-10-21(31)26(3,4)20(27)14-22(32)29(19,7)28(17,6)16-23(30)33/h8-9,19-23,31-33H,10-16H2,1-7H3,(H,34,35)/t19?,20?,21-,22-,23+,27+,28+,29-,30+/m0/s1. The lowest BCUT2D eigenvalue weighted by Gasteiger charge is -2.70. The van der Waals surface area contributed by atoms with Crippen LogP contribution in [0.15, 0.2) is 23.3 Å². The van der Waals surface area contributed by atoms with Gasteiger partial charge >= 0.3 is 5.97 Å². The molecule has 0 aromatic rings. The van der Waals surface area contributed by atoms with Gasteiger partial charge in [-0.25, -0.2) is 0 Å². The summed E-state index contributed by atoms with van der Waals surface area (Å²) in [4.78, 5) is 12.8. The van der Waals surface area contributed by atoms with Gasteiger partial charge in [0.25, 0.3) is 0 Å². The van der Waals surface area contributed by atoms with E-state index in [0.29, 0.717) is 25.7 Å². The number of aliphatic hydroxyl groups excluding tert-OH is 3. The molecule has 5 aliphatic rings. The van der Waals surface area contributed by atoms with Crippen LogP contribution in [0.1, 0.15) is 93.4 Å². The first-order chi connectivity index (χ1) is 16.0. The van der Waals surface area contributed by atoms with Crippen LogP contribution in [0.2, 0.25) is 0 Å². The van der Waals surface area contributed by atoms with Crippen LogP contribution in [0.5, 0.6) is 0 Å². The van der Waals surface area contributed by atoms with E-state index in [-0.39, 0.29) is 34.2 Å². The monoisotopic (exact) mass is 486 g/mol. The summed E-state index contributed by atoms with van der Waals surface area (Å²) in [6.45, 7) is 15.4. The molecular weight excluding hydrogens is 440 g/mol. The number of carbonyl (C=O) groups is 1. The van der Waals surface area contributed by atoms with Crippen molar-refractivity contribution in [3.05, 3.63) is 23.3 Å². The summed E-state index contributed by atoms with van der Waals surface area (Å²) in [5.41, 5.74) is -0.796. The Morgan fingerprint density at radius 2 is 1.57 bits per heavy atom. The predicted octanol–water partition coefficient (Wildman–Crippen LogP) is 5.10. The number of allylic oxidation sites excluding steroid dienone is 3. The SMILES string of the molecule is CC1(C)CC[C@@]2(C(=O)O)C(=C3C=CC4[C@@]5(C)CC[C@H](O)C(C)(C)C5C[C@H](O)[C@@]4(C)[C@]3(C)C[C@H]2O)C1. The smallest absolute Gasteiger partial charge is 0.316 e. The van der Waals surface area contributed by atoms with Gasteiger partial charge in [0.2, 0.25) is 0 Å². The Bertz CT molecular complexity index is 1010. The zero-order chi connectivity index (χ0) is 26.0. The molecule has 3 fully saturated rings. The molecular formula is C30H46O5. The topological polar surface area (TPSA) is 98.0 Å². The predicted molar refractivity (Wildman–Crippen MR) is 135 cm³/mol. The Kier molecular flexibility index (Phi) is 5.26. The highest BCUT2D eigenvalue weighted by molar-refractivity contribution is 5.81. The summed E-state index contributed by atoms with van der Waals surface area (Å²) >= 11 is 0. The Morgan fingerprint density at radius 1 is 0.914 bits per heavy atom. The molecule has 0 bridgehead atoms. The van der Waals surface area contributed by atoms with Crippen molar-refractivity contribution in [3.8, 4) is 0 Å². The minimum atomic E-state index is -1.24. The molecule has 0 amide bonds. The van der Waals surface area contributed by atoms with Crippen LogP contribution in [0.25, 0.3) is 0 Å². The van der Waals surface area contributed by atoms with Crippen LogP contribution in [-0.4, -0.2) is 44.7 Å². The lowest BCUT2D eigenvalue weighted by Crippen LogP contribution is -2.69. The zero-order valence-corrected chi connectivity index (χ0v) is 22.7. The molecule has 5 rings (SSSR count). The molecule has 0 spiro atoms. The number of carboxylic acid groups (broad SMARTS) is 1. The summed E-state index contributed by atoms with van der Waals surface area (Å²) in [6.07, 6.45) is 6.98. The van der Waals surface area contributed by atoms with E-state index in [1.165, 1.54) is 0 Å². The summed E-state index contributed by atoms with van der Waals surface area (Å²) in [6, 6.07) is 0. The molecule has 0 radical (unpaired) electrons. The Morgan fingerprint density at radius 3 is 2.20 bits per heavy atom. The van der Waals surface area contributed by atoms with Crippen LogP contribution in [0, 0.1) is 44.3 Å². The van der Waals surface area contributed by atoms with Gasteiger partial charge in [0.1, 0.15) is 5.41 Å². The van der Waals surface area contributed by atoms with Gasteiger partial charge in [0.05, 0.1) is 18.3 Å². The number of carboxylic acids is 1. The molecule has 0 aliphatic heterocycles. The van der Waals surface area contributed by atoms with Crippen molar-refractivity contribution >= 4 is 5.97 Å². The van der Waals surface area contributed by atoms with Crippen LogP contribution in [0.3, 0.4) is 0 Å². The van der Waals surface area contributed by atoms with E-state index >= 15 is 0 Å². The van der Waals surface area contributed by atoms with Crippen LogP contribution < -0.4 is 0 Å². The third-order valence-electron chi connectivity index (χ3n) is 12.5. The van der Waals surface area contributed by atoms with Crippen LogP contribution in [0.4, 0.5) is 0 Å². The zero-order valence-electron chi connectivity index (χ0n) is 22.7. The second-order valence-electron chi connectivity index (χ2n) is 14.9. The van der Waals surface area contributed by atoms with Gasteiger partial charge < -0.3 is 20.4 Å². The highest BCUT2D eigenvalue weighted by Gasteiger charge is 2.71. The average Bonchev–Trinajstić information content (AvgIpc) is 2.74. The molecule has 35 heavy (non-hydrogen) atoms. The van der Waals surface area contributed by atoms with Crippen molar-refractivity contribution in [2.24, 2.45) is 44.3 Å². The van der Waals surface area contributed by atoms with Gasteiger partial charge in [-0.3, -0.25) is 4.79 Å². The van der Waals surface area contributed by atoms with E-state index in [0.717, 1.165) is 30.4 Å². The lowest BCUT2D eigenvalue weighted by molar-refractivity contribution is -0.230. The van der Waals surface area contributed by atoms with Crippen molar-refractivity contribution in [2.45, 2.75) is 112 Å². The molecule has 0 saturated heterocycles. The molecule has 196 valence electrons. The number of aliphatic carboxylic acids is 1. The number of hydrogen-bond donors (Lipinski definition) is 4. The summed E-state index contributed by atoms with van der Waals surface area (Å²) < 4.78 is 0. The van der Waals surface area contributed by atoms with Gasteiger partial charge in [-0.05, 0) is 84.2 Å². The van der Waals surface area contributed by atoms with Crippen molar-refractivity contribution in [1.82, 2.24) is 0 Å². The largest absolute Gasteiger partial charge is 0.481 e. The summed E-state index contributed by atoms with van der Waals surface area (Å²) in [5, 5.41) is 45.0. The van der Waals surface area contributed by atoms with Gasteiger partial charge in [0, 0.05) is 10.8 Å². The minimum Gasteiger partial charge on any atom is -0.481 e. The molecule has 5 nitrogen and oxygen atoms in total. The number of fused-ring (bicyclic) bond motifs is 6. The maximum atomic E-state index is 12.8. The fourth-order valence-corrected chi connectivity index (χ4v) is 10.00. The fourth-order valence-electron chi connectivity index (χ4n) is 10.00. The molecule has 5 heteroatoms. The van der Waals surface area contributed by atoms with Gasteiger partial charge in [0.15, 0.2) is 0 Å². The number of rotatable bonds is 1. The maximum absolute atomic E-state index is 12.8. The quantitative estimate of drug-likeness (QED) is 0.414. The number of hydrogen-bond acceptors (Lipinski definition) is 4. The summed E-state index contributed by atoms with van der Waals surface area (Å²) in [5.74, 6) is -0.662. The molecule has 2 unspecified atom stereocenters. The fraction of sp³-hybridized carbons (Fsp3) is 0.833. The van der Waals surface area contributed by atoms with Crippen molar-refractivity contribution < 1.29 is 25.2 Å². The number of aliphatic hydroxyl groups is 3. The lowest BCUT2D eigenvalue weighted by atomic mass is 9.34. The highest BCUT2D eigenvalue weighted by atomic mass is 16.4. The van der Waals surface area contributed by atoms with E-state index < -0.39 is 34.4 Å². The van der Waals surface area contributed by atoms with Crippen molar-refractivity contribution in [1.29, 1.82) is 0 Å². The van der Waals surface area contributed by atoms with Crippen molar-refractivity contribution in [2.75, 3.05) is 0 Å². The third-order valence-corrected chi connectivity index (χ3v) is 12.5. The molecule has 0 aromatic carbocycles. The van der Waals surface area contributed by atoms with E-state index in [4.69, 9.17) is 0 Å². The molecule has 5 aliphatic carbocycles. The van der Waals surface area contributed by atoms with Gasteiger partial charge in [-0.15, -0.1) is 0 Å². The van der Waals surface area contributed by atoms with E-state index in [9.17, 15) is 25.2 Å². The van der Waals surface area contributed by atoms with Crippen LogP contribution in [-0.2, 0) is 4.79 Å². The highest BCUT2D eigenvalue weighted by Crippen LogP contribution is 2.74. The average molecular weight is 487 g/mol. The van der Waals surface area contributed by atoms with E-state index in [2.05, 4.69) is 60.6 Å². The Hall–Kier alpha value is -1.17. The molecule has 3 saturated carbocycles. The Balaban J connectivity index is 1.74.